The van der Waals surface area contributed by atoms with Gasteiger partial charge in [-0.15, -0.1) is 0 Å². The Bertz CT molecular complexity index is 776. The van der Waals surface area contributed by atoms with E-state index in [0.717, 1.165) is 10.0 Å². The lowest BCUT2D eigenvalue weighted by Gasteiger charge is -2.11. The maximum atomic E-state index is 12.0. The Labute approximate surface area is 152 Å². The highest BCUT2D eigenvalue weighted by molar-refractivity contribution is 9.10. The van der Waals surface area contributed by atoms with Crippen molar-refractivity contribution in [2.45, 2.75) is 6.92 Å². The first-order valence-corrected chi connectivity index (χ1v) is 8.05. The Morgan fingerprint density at radius 1 is 1.12 bits per heavy atom. The molecule has 0 spiro atoms. The molecule has 2 rings (SSSR count). The molecule has 0 atom stereocenters. The molecule has 0 N–H and O–H groups in total. The molecule has 0 fully saturated rings. The zero-order valence-corrected chi connectivity index (χ0v) is 15.3. The largest absolute Gasteiger partial charge is 0.481 e. The van der Waals surface area contributed by atoms with Gasteiger partial charge in [-0.05, 0) is 58.7 Å². The quantitative estimate of drug-likeness (QED) is 0.543. The topological polar surface area (TPSA) is 61.8 Å². The van der Waals surface area contributed by atoms with E-state index in [1.54, 1.807) is 6.07 Å². The van der Waals surface area contributed by atoms with E-state index < -0.39 is 11.9 Å². The first kappa shape index (κ1) is 18.3. The molecule has 0 radical (unpaired) electrons. The number of carbonyl (C=O) groups is 2. The highest BCUT2D eigenvalue weighted by Crippen LogP contribution is 2.26. The van der Waals surface area contributed by atoms with Crippen LogP contribution in [0.15, 0.2) is 40.9 Å². The predicted molar refractivity (Wildman–Crippen MR) is 92.8 cm³/mol. The fraction of sp³-hybridized carbons (Fsp3) is 0.176. The van der Waals surface area contributed by atoms with Crippen LogP contribution in [0.1, 0.15) is 15.9 Å². The normalized spacial score (nSPS) is 10.2. The number of hydrogen-bond donors (Lipinski definition) is 0. The van der Waals surface area contributed by atoms with E-state index in [1.807, 2.05) is 19.1 Å². The van der Waals surface area contributed by atoms with Gasteiger partial charge in [0, 0.05) is 5.02 Å². The van der Waals surface area contributed by atoms with Gasteiger partial charge in [0.2, 0.25) is 0 Å². The maximum absolute atomic E-state index is 12.0. The van der Waals surface area contributed by atoms with Crippen LogP contribution >= 0.6 is 27.5 Å². The number of rotatable bonds is 5. The van der Waals surface area contributed by atoms with Crippen LogP contribution in [0, 0.1) is 6.92 Å². The van der Waals surface area contributed by atoms with E-state index in [9.17, 15) is 9.59 Å². The Morgan fingerprint density at radius 3 is 2.50 bits per heavy atom. The third-order valence-electron chi connectivity index (χ3n) is 3.00. The second-order valence-corrected chi connectivity index (χ2v) is 6.12. The first-order valence-electron chi connectivity index (χ1n) is 6.88. The SMILES string of the molecule is COC(=O)c1cc(Cl)ccc1OC(=O)COc1ccc(C)cc1Br. The lowest BCUT2D eigenvalue weighted by molar-refractivity contribution is -0.136. The van der Waals surface area contributed by atoms with Crippen molar-refractivity contribution in [2.24, 2.45) is 0 Å². The van der Waals surface area contributed by atoms with Gasteiger partial charge in [-0.3, -0.25) is 0 Å². The minimum Gasteiger partial charge on any atom is -0.481 e. The molecule has 0 amide bonds. The van der Waals surface area contributed by atoms with Crippen molar-refractivity contribution in [1.29, 1.82) is 0 Å². The fourth-order valence-electron chi connectivity index (χ4n) is 1.87. The predicted octanol–water partition coefficient (Wildman–Crippen LogP) is 4.18. The molecular weight excluding hydrogens is 400 g/mol. The zero-order valence-electron chi connectivity index (χ0n) is 13.0. The molecule has 24 heavy (non-hydrogen) atoms. The van der Waals surface area contributed by atoms with Crippen molar-refractivity contribution < 1.29 is 23.8 Å². The van der Waals surface area contributed by atoms with Gasteiger partial charge in [-0.25, -0.2) is 9.59 Å². The van der Waals surface area contributed by atoms with E-state index in [4.69, 9.17) is 21.1 Å². The van der Waals surface area contributed by atoms with E-state index >= 15 is 0 Å². The van der Waals surface area contributed by atoms with Gasteiger partial charge >= 0.3 is 11.9 Å². The van der Waals surface area contributed by atoms with Crippen molar-refractivity contribution in [1.82, 2.24) is 0 Å². The minimum absolute atomic E-state index is 0.0582. The molecule has 5 nitrogen and oxygen atoms in total. The maximum Gasteiger partial charge on any atom is 0.349 e. The molecule has 0 saturated carbocycles. The third-order valence-corrected chi connectivity index (χ3v) is 3.86. The molecule has 0 aliphatic carbocycles. The van der Waals surface area contributed by atoms with Gasteiger partial charge in [-0.1, -0.05) is 17.7 Å². The highest BCUT2D eigenvalue weighted by atomic mass is 79.9. The zero-order chi connectivity index (χ0) is 17.7. The Balaban J connectivity index is 2.06. The number of benzene rings is 2. The molecule has 126 valence electrons. The number of halogens is 2. The molecular formula is C17H14BrClO5. The monoisotopic (exact) mass is 412 g/mol. The van der Waals surface area contributed by atoms with Crippen molar-refractivity contribution in [3.63, 3.8) is 0 Å². The lowest BCUT2D eigenvalue weighted by Crippen LogP contribution is -2.19. The summed E-state index contributed by atoms with van der Waals surface area (Å²) >= 11 is 9.21. The molecule has 0 aliphatic heterocycles. The summed E-state index contributed by atoms with van der Waals surface area (Å²) in [5, 5.41) is 0.329. The van der Waals surface area contributed by atoms with Crippen LogP contribution in [0.3, 0.4) is 0 Å². The summed E-state index contributed by atoms with van der Waals surface area (Å²) in [4.78, 5) is 23.7. The lowest BCUT2D eigenvalue weighted by atomic mass is 10.2. The summed E-state index contributed by atoms with van der Waals surface area (Å²) in [5.41, 5.74) is 1.12. The average molecular weight is 414 g/mol. The summed E-state index contributed by atoms with van der Waals surface area (Å²) in [6, 6.07) is 9.78. The van der Waals surface area contributed by atoms with Crippen LogP contribution in [0.5, 0.6) is 11.5 Å². The molecule has 0 aliphatic rings. The van der Waals surface area contributed by atoms with Crippen molar-refractivity contribution in [3.05, 3.63) is 57.0 Å². The Morgan fingerprint density at radius 2 is 1.83 bits per heavy atom. The van der Waals surface area contributed by atoms with Crippen molar-refractivity contribution >= 4 is 39.5 Å². The van der Waals surface area contributed by atoms with Crippen LogP contribution in [0.4, 0.5) is 0 Å². The summed E-state index contributed by atoms with van der Waals surface area (Å²) in [6.07, 6.45) is 0. The highest BCUT2D eigenvalue weighted by Gasteiger charge is 2.17. The number of carbonyl (C=O) groups excluding carboxylic acids is 2. The van der Waals surface area contributed by atoms with Gasteiger partial charge in [0.25, 0.3) is 0 Å². The van der Waals surface area contributed by atoms with Crippen molar-refractivity contribution in [3.8, 4) is 11.5 Å². The van der Waals surface area contributed by atoms with Gasteiger partial charge in [0.05, 0.1) is 11.6 Å². The van der Waals surface area contributed by atoms with Crippen LogP contribution in [-0.4, -0.2) is 25.7 Å². The molecule has 2 aromatic carbocycles. The van der Waals surface area contributed by atoms with E-state index in [1.165, 1.54) is 25.3 Å². The standard InChI is InChI=1S/C17H14BrClO5/c1-10-3-5-15(13(18)7-10)23-9-16(20)24-14-6-4-11(19)8-12(14)17(21)22-2/h3-8H,9H2,1-2H3. The Hall–Kier alpha value is -2.05. The summed E-state index contributed by atoms with van der Waals surface area (Å²) < 4.78 is 16.0. The van der Waals surface area contributed by atoms with Crippen LogP contribution in [0.2, 0.25) is 5.02 Å². The summed E-state index contributed by atoms with van der Waals surface area (Å²) in [7, 11) is 1.23. The Kier molecular flexibility index (Phi) is 6.23. The van der Waals surface area contributed by atoms with E-state index in [-0.39, 0.29) is 17.9 Å². The van der Waals surface area contributed by atoms with Crippen LogP contribution in [-0.2, 0) is 9.53 Å². The van der Waals surface area contributed by atoms with Gasteiger partial charge in [0.15, 0.2) is 6.61 Å². The second kappa shape index (κ2) is 8.17. The number of ether oxygens (including phenoxy) is 3. The molecule has 0 aromatic heterocycles. The molecule has 0 saturated heterocycles. The molecule has 0 unspecified atom stereocenters. The third kappa shape index (κ3) is 4.72. The summed E-state index contributed by atoms with van der Waals surface area (Å²) in [5.74, 6) is -0.734. The van der Waals surface area contributed by atoms with E-state index in [0.29, 0.717) is 10.8 Å². The number of hydrogen-bond acceptors (Lipinski definition) is 5. The minimum atomic E-state index is -0.657. The number of esters is 2. The van der Waals surface area contributed by atoms with Gasteiger partial charge in [0.1, 0.15) is 17.1 Å². The smallest absolute Gasteiger partial charge is 0.349 e. The van der Waals surface area contributed by atoms with Crippen LogP contribution in [0.25, 0.3) is 0 Å². The molecule has 2 aromatic rings. The number of methoxy groups -OCH3 is 1. The van der Waals surface area contributed by atoms with Gasteiger partial charge < -0.3 is 14.2 Å². The first-order chi connectivity index (χ1) is 11.4. The average Bonchev–Trinajstić information content (AvgIpc) is 2.55. The second-order valence-electron chi connectivity index (χ2n) is 4.83. The van der Waals surface area contributed by atoms with Crippen LogP contribution < -0.4 is 9.47 Å². The number of aryl methyl sites for hydroxylation is 1. The van der Waals surface area contributed by atoms with Crippen molar-refractivity contribution in [2.75, 3.05) is 13.7 Å². The fourth-order valence-corrected chi connectivity index (χ4v) is 2.65. The molecule has 0 heterocycles. The molecule has 7 heteroatoms. The molecule has 0 bridgehead atoms. The van der Waals surface area contributed by atoms with E-state index in [2.05, 4.69) is 20.7 Å². The summed E-state index contributed by atoms with van der Waals surface area (Å²) in [6.45, 7) is 1.63. The van der Waals surface area contributed by atoms with Gasteiger partial charge in [-0.2, -0.15) is 0 Å².